The lowest BCUT2D eigenvalue weighted by molar-refractivity contribution is -0.684. The maximum Gasteiger partial charge on any atom is 0.285 e. The zero-order valence-corrected chi connectivity index (χ0v) is 18.6. The van der Waals surface area contributed by atoms with Crippen LogP contribution < -0.4 is 15.2 Å². The Labute approximate surface area is 184 Å². The van der Waals surface area contributed by atoms with E-state index >= 15 is 0 Å². The van der Waals surface area contributed by atoms with Gasteiger partial charge in [-0.25, -0.2) is 0 Å². The highest BCUT2D eigenvalue weighted by atomic mass is 35.5. The van der Waals surface area contributed by atoms with Crippen LogP contribution in [0.2, 0.25) is 5.02 Å². The minimum Gasteiger partial charge on any atom is -0.351 e. The molecule has 1 aromatic carbocycles. The highest BCUT2D eigenvalue weighted by Gasteiger charge is 2.13. The largest absolute Gasteiger partial charge is 0.351 e. The van der Waals surface area contributed by atoms with Crippen molar-refractivity contribution in [1.82, 2.24) is 5.32 Å². The normalized spacial score (nSPS) is 10.6. The summed E-state index contributed by atoms with van der Waals surface area (Å²) < 4.78 is 1.72. The minimum absolute atomic E-state index is 0.0433. The van der Waals surface area contributed by atoms with E-state index in [0.29, 0.717) is 22.8 Å². The van der Waals surface area contributed by atoms with E-state index in [1.54, 1.807) is 53.4 Å². The summed E-state index contributed by atoms with van der Waals surface area (Å²) in [6.07, 6.45) is 13.4. The third-order valence-electron chi connectivity index (χ3n) is 4.90. The maximum absolute atomic E-state index is 12.4. The van der Waals surface area contributed by atoms with Gasteiger partial charge in [-0.05, 0) is 36.8 Å². The molecule has 2 N–H and O–H groups in total. The molecule has 0 radical (unpaired) electrons. The Hall–Kier alpha value is -2.40. The molecule has 0 aliphatic carbocycles. The second-order valence-electron chi connectivity index (χ2n) is 7.55. The summed E-state index contributed by atoms with van der Waals surface area (Å²) in [5, 5.41) is 6.40. The number of nitrogens with one attached hydrogen (secondary N) is 2. The van der Waals surface area contributed by atoms with Gasteiger partial charge < -0.3 is 10.6 Å². The van der Waals surface area contributed by atoms with Gasteiger partial charge in [-0.2, -0.15) is 4.57 Å². The molecule has 0 saturated carbocycles. The van der Waals surface area contributed by atoms with Crippen LogP contribution in [0.1, 0.15) is 68.6 Å². The summed E-state index contributed by atoms with van der Waals surface area (Å²) in [7, 11) is 0. The lowest BCUT2D eigenvalue weighted by atomic mass is 10.1. The van der Waals surface area contributed by atoms with Crippen molar-refractivity contribution < 1.29 is 14.2 Å². The van der Waals surface area contributed by atoms with Gasteiger partial charge in [0.2, 0.25) is 6.54 Å². The fourth-order valence-corrected chi connectivity index (χ4v) is 3.33. The highest BCUT2D eigenvalue weighted by Crippen LogP contribution is 2.14. The summed E-state index contributed by atoms with van der Waals surface area (Å²) in [4.78, 5) is 24.6. The van der Waals surface area contributed by atoms with E-state index in [4.69, 9.17) is 11.6 Å². The summed E-state index contributed by atoms with van der Waals surface area (Å²) in [6, 6.07) is 10.4. The number of nitrogens with zero attached hydrogens (tertiary/aromatic N) is 1. The molecular weight excluding hydrogens is 398 g/mol. The lowest BCUT2D eigenvalue weighted by Gasteiger charge is -2.06. The van der Waals surface area contributed by atoms with Gasteiger partial charge in [0.1, 0.15) is 5.56 Å². The SMILES string of the molecule is CCCCCCCCCCNC(=O)C[n+]1cccc(C(=O)Nc2ccc(Cl)cc2)c1. The van der Waals surface area contributed by atoms with Gasteiger partial charge in [0.25, 0.3) is 11.8 Å². The molecule has 6 heteroatoms. The van der Waals surface area contributed by atoms with Crippen molar-refractivity contribution in [3.63, 3.8) is 0 Å². The van der Waals surface area contributed by atoms with E-state index in [1.165, 1.54) is 38.5 Å². The quantitative estimate of drug-likeness (QED) is 0.341. The summed E-state index contributed by atoms with van der Waals surface area (Å²) >= 11 is 5.86. The molecule has 2 amide bonds. The number of aromatic nitrogens is 1. The molecule has 2 aromatic rings. The highest BCUT2D eigenvalue weighted by molar-refractivity contribution is 6.30. The van der Waals surface area contributed by atoms with Crippen molar-refractivity contribution in [2.24, 2.45) is 0 Å². The van der Waals surface area contributed by atoms with E-state index in [0.717, 1.165) is 12.8 Å². The number of carbonyl (C=O) groups is 2. The average Bonchev–Trinajstić information content (AvgIpc) is 2.74. The van der Waals surface area contributed by atoms with Crippen molar-refractivity contribution >= 4 is 29.1 Å². The third-order valence-corrected chi connectivity index (χ3v) is 5.15. The number of benzene rings is 1. The van der Waals surface area contributed by atoms with E-state index in [1.807, 2.05) is 0 Å². The Morgan fingerprint density at radius 2 is 1.60 bits per heavy atom. The number of anilines is 1. The topological polar surface area (TPSA) is 62.1 Å². The van der Waals surface area contributed by atoms with Crippen LogP contribution in [0.5, 0.6) is 0 Å². The molecule has 0 unspecified atom stereocenters. The molecule has 0 aliphatic rings. The minimum atomic E-state index is -0.231. The fraction of sp³-hybridized carbons (Fsp3) is 0.458. The predicted octanol–water partition coefficient (Wildman–Crippen LogP) is 5.14. The molecule has 162 valence electrons. The van der Waals surface area contributed by atoms with Gasteiger partial charge in [-0.3, -0.25) is 9.59 Å². The molecule has 5 nitrogen and oxygen atoms in total. The second-order valence-corrected chi connectivity index (χ2v) is 7.99. The van der Waals surface area contributed by atoms with Crippen LogP contribution in [0.25, 0.3) is 0 Å². The summed E-state index contributed by atoms with van der Waals surface area (Å²) in [5.41, 5.74) is 1.16. The Kier molecular flexibility index (Phi) is 10.9. The molecule has 0 spiro atoms. The molecule has 1 heterocycles. The first-order valence-electron chi connectivity index (χ1n) is 10.9. The fourth-order valence-electron chi connectivity index (χ4n) is 3.20. The van der Waals surface area contributed by atoms with Crippen LogP contribution in [0, 0.1) is 0 Å². The molecule has 0 fully saturated rings. The lowest BCUT2D eigenvalue weighted by Crippen LogP contribution is -2.43. The molecule has 30 heavy (non-hydrogen) atoms. The molecule has 0 atom stereocenters. The monoisotopic (exact) mass is 430 g/mol. The van der Waals surface area contributed by atoms with Crippen molar-refractivity contribution in [2.75, 3.05) is 11.9 Å². The van der Waals surface area contributed by atoms with Crippen LogP contribution in [-0.4, -0.2) is 18.4 Å². The van der Waals surface area contributed by atoms with Crippen LogP contribution in [-0.2, 0) is 11.3 Å². The number of rotatable bonds is 13. The number of pyridine rings is 1. The van der Waals surface area contributed by atoms with Gasteiger partial charge in [-0.1, -0.05) is 63.5 Å². The molecule has 0 aliphatic heterocycles. The third kappa shape index (κ3) is 9.40. The van der Waals surface area contributed by atoms with Crippen molar-refractivity contribution in [2.45, 2.75) is 64.8 Å². The van der Waals surface area contributed by atoms with E-state index in [-0.39, 0.29) is 18.4 Å². The zero-order valence-electron chi connectivity index (χ0n) is 17.8. The smallest absolute Gasteiger partial charge is 0.285 e. The molecule has 2 rings (SSSR count). The van der Waals surface area contributed by atoms with Gasteiger partial charge in [-0.15, -0.1) is 0 Å². The molecule has 0 saturated heterocycles. The van der Waals surface area contributed by atoms with E-state index in [2.05, 4.69) is 17.6 Å². The molecule has 1 aromatic heterocycles. The summed E-state index contributed by atoms with van der Waals surface area (Å²) in [6.45, 7) is 3.12. The molecule has 0 bridgehead atoms. The van der Waals surface area contributed by atoms with Crippen molar-refractivity contribution in [3.8, 4) is 0 Å². The standard InChI is InChI=1S/C24H32ClN3O2/c1-2-3-4-5-6-7-8-9-16-26-23(29)19-28-17-10-11-20(18-28)24(30)27-22-14-12-21(25)13-15-22/h10-15,17-18H,2-9,16,19H2,1H3,(H-,26,27,29,30)/p+1. The van der Waals surface area contributed by atoms with Gasteiger partial charge in [0.05, 0.1) is 0 Å². The summed E-state index contributed by atoms with van der Waals surface area (Å²) in [5.74, 6) is -0.274. The first kappa shape index (κ1) is 23.9. The van der Waals surface area contributed by atoms with Crippen LogP contribution in [0.15, 0.2) is 48.8 Å². The number of amides is 2. The first-order valence-corrected chi connectivity index (χ1v) is 11.3. The Morgan fingerprint density at radius 1 is 0.933 bits per heavy atom. The Morgan fingerprint density at radius 3 is 2.30 bits per heavy atom. The number of hydrogen-bond donors (Lipinski definition) is 2. The predicted molar refractivity (Wildman–Crippen MR) is 122 cm³/mol. The van der Waals surface area contributed by atoms with Crippen LogP contribution >= 0.6 is 11.6 Å². The Bertz CT molecular complexity index is 793. The molecular formula is C24H33ClN3O2+. The van der Waals surface area contributed by atoms with Crippen LogP contribution in [0.3, 0.4) is 0 Å². The van der Waals surface area contributed by atoms with Gasteiger partial charge >= 0.3 is 0 Å². The maximum atomic E-state index is 12.4. The zero-order chi connectivity index (χ0) is 21.6. The second kappa shape index (κ2) is 13.8. The van der Waals surface area contributed by atoms with Gasteiger partial charge in [0.15, 0.2) is 12.4 Å². The van der Waals surface area contributed by atoms with Gasteiger partial charge in [0, 0.05) is 23.3 Å². The number of carbonyl (C=O) groups excluding carboxylic acids is 2. The van der Waals surface area contributed by atoms with E-state index < -0.39 is 0 Å². The average molecular weight is 431 g/mol. The number of unbranched alkanes of at least 4 members (excludes halogenated alkanes) is 7. The number of halogens is 1. The van der Waals surface area contributed by atoms with E-state index in [9.17, 15) is 9.59 Å². The Balaban J connectivity index is 1.69. The number of hydrogen-bond acceptors (Lipinski definition) is 2. The van der Waals surface area contributed by atoms with Crippen LogP contribution in [0.4, 0.5) is 5.69 Å². The van der Waals surface area contributed by atoms with Crippen molar-refractivity contribution in [3.05, 3.63) is 59.4 Å². The van der Waals surface area contributed by atoms with Crippen molar-refractivity contribution in [1.29, 1.82) is 0 Å². The first-order chi connectivity index (χ1) is 14.6.